The second kappa shape index (κ2) is 11.5. The Kier molecular flexibility index (Phi) is 7.79. The Morgan fingerprint density at radius 1 is 0.784 bits per heavy atom. The van der Waals surface area contributed by atoms with Crippen molar-refractivity contribution in [2.75, 3.05) is 6.54 Å². The molecule has 4 nitrogen and oxygen atoms in total. The van der Waals surface area contributed by atoms with Gasteiger partial charge in [0.15, 0.2) is 0 Å². The van der Waals surface area contributed by atoms with E-state index in [9.17, 15) is 9.90 Å². The number of hydrogen-bond donors (Lipinski definition) is 3. The Bertz CT molecular complexity index is 1280. The number of carbonyl (C=O) groups excluding carboxylic acids is 1. The summed E-state index contributed by atoms with van der Waals surface area (Å²) in [5, 5.41) is 17.8. The molecule has 0 heterocycles. The van der Waals surface area contributed by atoms with Gasteiger partial charge >= 0.3 is 0 Å². The number of carbonyl (C=O) groups is 1. The van der Waals surface area contributed by atoms with E-state index in [-0.39, 0.29) is 17.9 Å². The summed E-state index contributed by atoms with van der Waals surface area (Å²) in [6.07, 6.45) is 0.172. The Morgan fingerprint density at radius 2 is 1.32 bits per heavy atom. The Morgan fingerprint density at radius 3 is 1.95 bits per heavy atom. The Hall–Kier alpha value is -3.73. The zero-order valence-electron chi connectivity index (χ0n) is 21.2. The fraction of sp³-hybridized carbons (Fsp3) is 0.242. The third kappa shape index (κ3) is 5.82. The molecule has 3 atom stereocenters. The number of aliphatic hydroxyl groups excluding tert-OH is 1. The maximum atomic E-state index is 13.4. The van der Waals surface area contributed by atoms with Gasteiger partial charge in [0, 0.05) is 24.9 Å². The molecule has 0 bridgehead atoms. The first-order valence-corrected chi connectivity index (χ1v) is 13.1. The smallest absolute Gasteiger partial charge is 0.221 e. The van der Waals surface area contributed by atoms with Gasteiger partial charge in [-0.25, -0.2) is 0 Å². The fourth-order valence-corrected chi connectivity index (χ4v) is 5.38. The summed E-state index contributed by atoms with van der Waals surface area (Å²) in [4.78, 5) is 13.4. The molecule has 1 aliphatic carbocycles. The summed E-state index contributed by atoms with van der Waals surface area (Å²) in [5.41, 5.74) is 7.04. The predicted octanol–water partition coefficient (Wildman–Crippen LogP) is 5.63. The van der Waals surface area contributed by atoms with Crippen LogP contribution in [0.5, 0.6) is 0 Å². The number of nitrogens with one attached hydrogen (secondary N) is 2. The minimum absolute atomic E-state index is 0.0122. The van der Waals surface area contributed by atoms with E-state index in [1.807, 2.05) is 72.8 Å². The van der Waals surface area contributed by atoms with E-state index in [0.717, 1.165) is 11.1 Å². The van der Waals surface area contributed by atoms with Crippen molar-refractivity contribution in [1.29, 1.82) is 0 Å². The molecule has 0 aliphatic heterocycles. The summed E-state index contributed by atoms with van der Waals surface area (Å²) in [7, 11) is 0. The van der Waals surface area contributed by atoms with E-state index in [0.29, 0.717) is 19.4 Å². The van der Waals surface area contributed by atoms with Crippen LogP contribution in [0.1, 0.15) is 47.6 Å². The van der Waals surface area contributed by atoms with Crippen LogP contribution >= 0.6 is 0 Å². The number of rotatable bonds is 10. The van der Waals surface area contributed by atoms with Gasteiger partial charge in [-0.2, -0.15) is 0 Å². The van der Waals surface area contributed by atoms with Crippen LogP contribution < -0.4 is 10.6 Å². The summed E-state index contributed by atoms with van der Waals surface area (Å²) >= 11 is 0. The lowest BCUT2D eigenvalue weighted by Gasteiger charge is -2.27. The number of benzene rings is 4. The van der Waals surface area contributed by atoms with Crippen LogP contribution in [0.3, 0.4) is 0 Å². The molecular weight excluding hydrogens is 456 g/mol. The maximum Gasteiger partial charge on any atom is 0.221 e. The Labute approximate surface area is 219 Å². The van der Waals surface area contributed by atoms with Gasteiger partial charge in [0.05, 0.1) is 12.1 Å². The SMILES string of the molecule is C[C@H](NC[C@H](O)[C@H](Cc1ccccc1)NC(=O)CC1c2ccccc2-c2ccccc21)c1ccccc1. The van der Waals surface area contributed by atoms with Crippen molar-refractivity contribution in [3.8, 4) is 11.1 Å². The van der Waals surface area contributed by atoms with Crippen LogP contribution in [-0.4, -0.2) is 29.7 Å². The molecule has 1 amide bonds. The van der Waals surface area contributed by atoms with E-state index < -0.39 is 12.1 Å². The molecule has 0 spiro atoms. The average molecular weight is 491 g/mol. The van der Waals surface area contributed by atoms with Gasteiger partial charge in [-0.05, 0) is 46.7 Å². The molecule has 3 N–H and O–H groups in total. The molecule has 0 saturated heterocycles. The van der Waals surface area contributed by atoms with E-state index in [1.54, 1.807) is 0 Å². The van der Waals surface area contributed by atoms with Crippen LogP contribution in [0.15, 0.2) is 109 Å². The van der Waals surface area contributed by atoms with Crippen molar-refractivity contribution in [3.63, 3.8) is 0 Å². The molecule has 0 saturated carbocycles. The highest BCUT2D eigenvalue weighted by Crippen LogP contribution is 2.46. The van der Waals surface area contributed by atoms with Crippen molar-refractivity contribution in [2.45, 2.75) is 43.9 Å². The van der Waals surface area contributed by atoms with E-state index in [1.165, 1.54) is 22.3 Å². The van der Waals surface area contributed by atoms with Crippen molar-refractivity contribution in [1.82, 2.24) is 10.6 Å². The Balaban J connectivity index is 1.29. The normalized spacial score (nSPS) is 14.9. The van der Waals surface area contributed by atoms with E-state index in [4.69, 9.17) is 0 Å². The van der Waals surface area contributed by atoms with Gasteiger partial charge in [0.2, 0.25) is 5.91 Å². The van der Waals surface area contributed by atoms with Crippen LogP contribution in [0.4, 0.5) is 0 Å². The molecule has 4 aromatic rings. The topological polar surface area (TPSA) is 61.4 Å². The first-order valence-electron chi connectivity index (χ1n) is 13.1. The quantitative estimate of drug-likeness (QED) is 0.270. The molecule has 0 unspecified atom stereocenters. The molecule has 4 aromatic carbocycles. The van der Waals surface area contributed by atoms with Gasteiger partial charge in [-0.3, -0.25) is 4.79 Å². The second-order valence-electron chi connectivity index (χ2n) is 9.90. The molecule has 0 fully saturated rings. The third-order valence-corrected chi connectivity index (χ3v) is 7.39. The molecule has 0 aromatic heterocycles. The number of aliphatic hydroxyl groups is 1. The molecule has 1 aliphatic rings. The largest absolute Gasteiger partial charge is 0.390 e. The monoisotopic (exact) mass is 490 g/mol. The highest BCUT2D eigenvalue weighted by Gasteiger charge is 2.31. The molecule has 5 rings (SSSR count). The summed E-state index contributed by atoms with van der Waals surface area (Å²) in [6, 6.07) is 36.6. The minimum Gasteiger partial charge on any atom is -0.390 e. The van der Waals surface area contributed by atoms with Gasteiger partial charge in [-0.1, -0.05) is 109 Å². The van der Waals surface area contributed by atoms with Gasteiger partial charge in [0.1, 0.15) is 0 Å². The number of fused-ring (bicyclic) bond motifs is 3. The maximum absolute atomic E-state index is 13.4. The summed E-state index contributed by atoms with van der Waals surface area (Å²) < 4.78 is 0. The third-order valence-electron chi connectivity index (χ3n) is 7.39. The molecule has 4 heteroatoms. The van der Waals surface area contributed by atoms with Gasteiger partial charge < -0.3 is 15.7 Å². The van der Waals surface area contributed by atoms with E-state index in [2.05, 4.69) is 54.0 Å². The molecular formula is C33H34N2O2. The standard InChI is InChI=1S/C33H34N2O2/c1-23(25-14-6-3-7-15-25)34-22-32(36)31(20-24-12-4-2-5-13-24)35-33(37)21-30-28-18-10-8-16-26(28)27-17-9-11-19-29(27)30/h2-19,23,30-32,34,36H,20-22H2,1H3,(H,35,37)/t23-,31-,32-/m0/s1. The fourth-order valence-electron chi connectivity index (χ4n) is 5.38. The highest BCUT2D eigenvalue weighted by atomic mass is 16.3. The number of hydrogen-bond acceptors (Lipinski definition) is 3. The zero-order chi connectivity index (χ0) is 25.6. The number of amides is 1. The minimum atomic E-state index is -0.738. The van der Waals surface area contributed by atoms with Crippen molar-refractivity contribution < 1.29 is 9.90 Å². The van der Waals surface area contributed by atoms with Crippen molar-refractivity contribution in [3.05, 3.63) is 131 Å². The van der Waals surface area contributed by atoms with Crippen LogP contribution in [0, 0.1) is 0 Å². The summed E-state index contributed by atoms with van der Waals surface area (Å²) in [5.74, 6) is -0.0364. The first kappa shape index (κ1) is 24.9. The van der Waals surface area contributed by atoms with Crippen molar-refractivity contribution >= 4 is 5.91 Å². The van der Waals surface area contributed by atoms with Crippen LogP contribution in [0.25, 0.3) is 11.1 Å². The lowest BCUT2D eigenvalue weighted by Crippen LogP contribution is -2.49. The van der Waals surface area contributed by atoms with Gasteiger partial charge in [0.25, 0.3) is 0 Å². The lowest BCUT2D eigenvalue weighted by atomic mass is 9.92. The predicted molar refractivity (Wildman–Crippen MR) is 149 cm³/mol. The molecule has 37 heavy (non-hydrogen) atoms. The van der Waals surface area contributed by atoms with Crippen molar-refractivity contribution in [2.24, 2.45) is 0 Å². The van der Waals surface area contributed by atoms with Crippen LogP contribution in [0.2, 0.25) is 0 Å². The zero-order valence-corrected chi connectivity index (χ0v) is 21.2. The van der Waals surface area contributed by atoms with Gasteiger partial charge in [-0.15, -0.1) is 0 Å². The van der Waals surface area contributed by atoms with E-state index >= 15 is 0 Å². The average Bonchev–Trinajstić information content (AvgIpc) is 3.25. The highest BCUT2D eigenvalue weighted by molar-refractivity contribution is 5.84. The van der Waals surface area contributed by atoms with Crippen LogP contribution in [-0.2, 0) is 11.2 Å². The summed E-state index contributed by atoms with van der Waals surface area (Å²) in [6.45, 7) is 2.46. The molecule has 0 radical (unpaired) electrons. The lowest BCUT2D eigenvalue weighted by molar-refractivity contribution is -0.122. The molecule has 188 valence electrons. The second-order valence-corrected chi connectivity index (χ2v) is 9.90. The first-order chi connectivity index (χ1) is 18.1.